The molecule has 0 aromatic rings. The summed E-state index contributed by atoms with van der Waals surface area (Å²) in [6.07, 6.45) is 55.9. The van der Waals surface area contributed by atoms with E-state index in [-0.39, 0.29) is 32.2 Å². The molecule has 1 N–H and O–H groups in total. The van der Waals surface area contributed by atoms with Crippen molar-refractivity contribution in [3.8, 4) is 0 Å². The van der Waals surface area contributed by atoms with Gasteiger partial charge in [0, 0.05) is 12.8 Å². The van der Waals surface area contributed by atoms with E-state index in [1.165, 1.54) is 128 Å². The molecule has 65 heavy (non-hydrogen) atoms. The number of esters is 2. The molecule has 0 aliphatic rings. The number of carbonyl (C=O) groups is 3. The van der Waals surface area contributed by atoms with E-state index in [2.05, 4.69) is 74.6 Å². The number of aliphatic carboxylic acids is 1. The molecule has 0 aliphatic heterocycles. The minimum absolute atomic E-state index is 0.176. The highest BCUT2D eigenvalue weighted by Crippen LogP contribution is 2.16. The largest absolute Gasteiger partial charge is 0.477 e. The molecule has 0 saturated carbocycles. The van der Waals surface area contributed by atoms with Crippen molar-refractivity contribution in [2.75, 3.05) is 47.5 Å². The number of hydrogen-bond donors (Lipinski definition) is 1. The SMILES string of the molecule is CC/C=C\C/C=C\C/C=C\C/C=C\C/C=C\CCCC(=O)OC(COC(=O)CCCCCCCCCCCCCCCCCCCCCCCCC)COC(OCC[N+](C)(C)C)C(=O)O. The zero-order valence-electron chi connectivity index (χ0n) is 42.6. The van der Waals surface area contributed by atoms with E-state index in [1.54, 1.807) is 0 Å². The summed E-state index contributed by atoms with van der Waals surface area (Å²) in [6, 6.07) is 0. The second-order valence-electron chi connectivity index (χ2n) is 18.8. The number of allylic oxidation sites excluding steroid dienone is 10. The summed E-state index contributed by atoms with van der Waals surface area (Å²) in [5.41, 5.74) is 0. The number of carboxylic acids is 1. The van der Waals surface area contributed by atoms with Gasteiger partial charge in [-0.25, -0.2) is 4.79 Å². The molecule has 2 unspecified atom stereocenters. The Labute approximate surface area is 399 Å². The molecular weight excluding hydrogens is 815 g/mol. The Kier molecular flexibility index (Phi) is 45.3. The highest BCUT2D eigenvalue weighted by molar-refractivity contribution is 5.71. The number of quaternary nitrogens is 1. The fourth-order valence-corrected chi connectivity index (χ4v) is 7.23. The highest BCUT2D eigenvalue weighted by atomic mass is 16.7. The fraction of sp³-hybridized carbons (Fsp3) is 0.768. The molecule has 376 valence electrons. The molecule has 0 radical (unpaired) electrons. The number of carbonyl (C=O) groups excluding carboxylic acids is 2. The summed E-state index contributed by atoms with van der Waals surface area (Å²) < 4.78 is 22.7. The van der Waals surface area contributed by atoms with Gasteiger partial charge in [-0.05, 0) is 51.4 Å². The average Bonchev–Trinajstić information content (AvgIpc) is 3.27. The maximum atomic E-state index is 12.8. The molecule has 0 amide bonds. The van der Waals surface area contributed by atoms with E-state index < -0.39 is 24.3 Å². The van der Waals surface area contributed by atoms with Crippen LogP contribution in [0.4, 0.5) is 0 Å². The molecule has 0 heterocycles. The van der Waals surface area contributed by atoms with Crippen molar-refractivity contribution >= 4 is 17.9 Å². The minimum Gasteiger partial charge on any atom is -0.477 e. The first-order valence-corrected chi connectivity index (χ1v) is 26.5. The molecule has 0 rings (SSSR count). The van der Waals surface area contributed by atoms with Gasteiger partial charge in [0.2, 0.25) is 0 Å². The molecule has 0 saturated heterocycles. The molecule has 0 aromatic carbocycles. The van der Waals surface area contributed by atoms with Crippen LogP contribution in [0.25, 0.3) is 0 Å². The van der Waals surface area contributed by atoms with Gasteiger partial charge in [-0.2, -0.15) is 0 Å². The Morgan fingerprint density at radius 3 is 1.29 bits per heavy atom. The van der Waals surface area contributed by atoms with Gasteiger partial charge in [0.15, 0.2) is 6.10 Å². The second-order valence-corrected chi connectivity index (χ2v) is 18.8. The zero-order chi connectivity index (χ0) is 47.7. The molecule has 9 heteroatoms. The number of unbranched alkanes of at least 4 members (excludes halogenated alkanes) is 23. The van der Waals surface area contributed by atoms with Crippen molar-refractivity contribution in [3.63, 3.8) is 0 Å². The number of hydrogen-bond acceptors (Lipinski definition) is 7. The lowest BCUT2D eigenvalue weighted by molar-refractivity contribution is -0.870. The van der Waals surface area contributed by atoms with Gasteiger partial charge in [-0.1, -0.05) is 216 Å². The molecule has 0 aromatic heterocycles. The summed E-state index contributed by atoms with van der Waals surface area (Å²) in [6.45, 7) is 4.71. The van der Waals surface area contributed by atoms with Crippen LogP contribution in [0.15, 0.2) is 60.8 Å². The number of rotatable bonds is 48. The first-order chi connectivity index (χ1) is 31.6. The Hall–Kier alpha value is -3.01. The second kappa shape index (κ2) is 47.5. The van der Waals surface area contributed by atoms with E-state index in [4.69, 9.17) is 18.9 Å². The van der Waals surface area contributed by atoms with Crippen LogP contribution in [0, 0.1) is 0 Å². The molecule has 0 bridgehead atoms. The van der Waals surface area contributed by atoms with E-state index in [0.717, 1.165) is 57.8 Å². The first-order valence-electron chi connectivity index (χ1n) is 26.5. The van der Waals surface area contributed by atoms with Crippen LogP contribution in [-0.2, 0) is 33.3 Å². The number of nitrogens with zero attached hydrogens (tertiary/aromatic N) is 1. The van der Waals surface area contributed by atoms with Crippen LogP contribution in [0.2, 0.25) is 0 Å². The summed E-state index contributed by atoms with van der Waals surface area (Å²) in [5, 5.41) is 9.67. The summed E-state index contributed by atoms with van der Waals surface area (Å²) in [4.78, 5) is 37.3. The molecular formula is C56H100NO8+. The van der Waals surface area contributed by atoms with Gasteiger partial charge in [-0.3, -0.25) is 9.59 Å². The Morgan fingerprint density at radius 1 is 0.477 bits per heavy atom. The topological polar surface area (TPSA) is 108 Å². The van der Waals surface area contributed by atoms with Gasteiger partial charge in [0.1, 0.15) is 13.2 Å². The lowest BCUT2D eigenvalue weighted by atomic mass is 10.0. The van der Waals surface area contributed by atoms with Crippen molar-refractivity contribution in [1.29, 1.82) is 0 Å². The maximum Gasteiger partial charge on any atom is 0.361 e. The summed E-state index contributed by atoms with van der Waals surface area (Å²) in [7, 11) is 5.94. The first kappa shape index (κ1) is 62.0. The number of likely N-dealkylation sites (N-methyl/N-ethyl adjacent to an activating group) is 1. The smallest absolute Gasteiger partial charge is 0.361 e. The van der Waals surface area contributed by atoms with Crippen LogP contribution in [0.1, 0.15) is 219 Å². The monoisotopic (exact) mass is 915 g/mol. The van der Waals surface area contributed by atoms with Crippen molar-refractivity contribution in [1.82, 2.24) is 0 Å². The van der Waals surface area contributed by atoms with Crippen LogP contribution in [0.3, 0.4) is 0 Å². The Bertz CT molecular complexity index is 1250. The van der Waals surface area contributed by atoms with Gasteiger partial charge >= 0.3 is 17.9 Å². The van der Waals surface area contributed by atoms with Crippen molar-refractivity contribution < 1.29 is 42.9 Å². The van der Waals surface area contributed by atoms with E-state index in [9.17, 15) is 19.5 Å². The quantitative estimate of drug-likeness (QED) is 0.0211. The predicted octanol–water partition coefficient (Wildman–Crippen LogP) is 14.9. The van der Waals surface area contributed by atoms with Crippen LogP contribution in [0.5, 0.6) is 0 Å². The van der Waals surface area contributed by atoms with E-state index in [0.29, 0.717) is 23.9 Å². The molecule has 2 atom stereocenters. The third kappa shape index (κ3) is 48.7. The van der Waals surface area contributed by atoms with Gasteiger partial charge < -0.3 is 28.5 Å². The van der Waals surface area contributed by atoms with Gasteiger partial charge in [-0.15, -0.1) is 0 Å². The van der Waals surface area contributed by atoms with E-state index in [1.807, 2.05) is 21.1 Å². The van der Waals surface area contributed by atoms with E-state index >= 15 is 0 Å². The standard InChI is InChI=1S/C56H99NO8/c1-6-8-10-12-14-16-18-20-22-24-25-26-27-28-29-31-32-34-36-38-40-42-44-46-53(58)63-50-52(51-64-56(55(60)61)62-49-48-57(3,4)5)65-54(59)47-45-43-41-39-37-35-33-30-23-21-19-17-15-13-11-9-7-2/h9,11,15,17,21,23,33,35,39,41,52,56H,6-8,10,12-14,16,18-20,22,24-32,34,36-38,40,42-51H2,1-5H3/p+1/b11-9-,17-15-,23-21-,35-33-,41-39-. The average molecular weight is 915 g/mol. The van der Waals surface area contributed by atoms with Gasteiger partial charge in [0.25, 0.3) is 6.29 Å². The fourth-order valence-electron chi connectivity index (χ4n) is 7.23. The van der Waals surface area contributed by atoms with Crippen molar-refractivity contribution in [2.24, 2.45) is 0 Å². The normalized spacial score (nSPS) is 13.3. The number of carboxylic acid groups (broad SMARTS) is 1. The molecule has 0 fully saturated rings. The lowest BCUT2D eigenvalue weighted by Gasteiger charge is -2.25. The summed E-state index contributed by atoms with van der Waals surface area (Å²) in [5.74, 6) is -2.08. The molecule has 9 nitrogen and oxygen atoms in total. The van der Waals surface area contributed by atoms with Crippen molar-refractivity contribution in [3.05, 3.63) is 60.8 Å². The minimum atomic E-state index is -1.53. The molecule has 0 aliphatic carbocycles. The highest BCUT2D eigenvalue weighted by Gasteiger charge is 2.25. The molecule has 0 spiro atoms. The Balaban J connectivity index is 4.33. The predicted molar refractivity (Wildman–Crippen MR) is 272 cm³/mol. The Morgan fingerprint density at radius 2 is 0.877 bits per heavy atom. The number of ether oxygens (including phenoxy) is 4. The third-order valence-corrected chi connectivity index (χ3v) is 11.3. The third-order valence-electron chi connectivity index (χ3n) is 11.3. The summed E-state index contributed by atoms with van der Waals surface area (Å²) >= 11 is 0. The van der Waals surface area contributed by atoms with Crippen LogP contribution in [-0.4, -0.2) is 87.4 Å². The zero-order valence-corrected chi connectivity index (χ0v) is 42.6. The lowest BCUT2D eigenvalue weighted by Crippen LogP contribution is -2.40. The van der Waals surface area contributed by atoms with Crippen molar-refractivity contribution in [2.45, 2.75) is 232 Å². The van der Waals surface area contributed by atoms with Crippen LogP contribution < -0.4 is 0 Å². The van der Waals surface area contributed by atoms with Crippen LogP contribution >= 0.6 is 0 Å². The van der Waals surface area contributed by atoms with Gasteiger partial charge in [0.05, 0.1) is 34.4 Å². The maximum absolute atomic E-state index is 12.8.